The van der Waals surface area contributed by atoms with Gasteiger partial charge in [-0.15, -0.1) is 6.58 Å². The normalized spacial score (nSPS) is 48.9. The van der Waals surface area contributed by atoms with E-state index in [1.165, 1.54) is 44.1 Å². The van der Waals surface area contributed by atoms with Crippen molar-refractivity contribution < 1.29 is 4.79 Å². The van der Waals surface area contributed by atoms with E-state index in [4.69, 9.17) is 0 Å². The van der Waals surface area contributed by atoms with Crippen molar-refractivity contribution in [3.8, 4) is 0 Å². The van der Waals surface area contributed by atoms with Crippen LogP contribution in [0.25, 0.3) is 0 Å². The molecular formula is C20H28O. The molecule has 1 heteroatoms. The van der Waals surface area contributed by atoms with E-state index >= 15 is 0 Å². The molecule has 21 heavy (non-hydrogen) atoms. The molecular weight excluding hydrogens is 256 g/mol. The summed E-state index contributed by atoms with van der Waals surface area (Å²) in [6, 6.07) is 0. The number of rotatable bonds is 1. The van der Waals surface area contributed by atoms with Gasteiger partial charge in [0.1, 0.15) is 0 Å². The molecule has 0 spiro atoms. The van der Waals surface area contributed by atoms with Crippen molar-refractivity contribution in [3.63, 3.8) is 0 Å². The molecule has 0 aromatic heterocycles. The van der Waals surface area contributed by atoms with E-state index in [9.17, 15) is 4.79 Å². The van der Waals surface area contributed by atoms with Gasteiger partial charge < -0.3 is 0 Å². The van der Waals surface area contributed by atoms with Gasteiger partial charge in [0.05, 0.1) is 0 Å². The standard InChI is InChI=1S/C20H28O/c1-3-14-5-9-19-18-7-4-13-12-15(21)6-8-16(13)17(18)10-11-20(14,19)2/h3,12,14,16-19H,1,4-11H2,2H3/t14-,16-,17+,18+,19-,20+/m0/s1. The Hall–Kier alpha value is -0.850. The monoisotopic (exact) mass is 284 g/mol. The molecule has 0 heterocycles. The Morgan fingerprint density at radius 2 is 2.00 bits per heavy atom. The smallest absolute Gasteiger partial charge is 0.155 e. The van der Waals surface area contributed by atoms with E-state index in [1.807, 2.05) is 6.08 Å². The molecule has 0 amide bonds. The zero-order chi connectivity index (χ0) is 14.6. The molecule has 6 atom stereocenters. The summed E-state index contributed by atoms with van der Waals surface area (Å²) in [6.07, 6.45) is 14.3. The lowest BCUT2D eigenvalue weighted by molar-refractivity contribution is -0.116. The average molecular weight is 284 g/mol. The van der Waals surface area contributed by atoms with Gasteiger partial charge in [-0.1, -0.05) is 18.6 Å². The molecule has 0 saturated heterocycles. The molecule has 114 valence electrons. The quantitative estimate of drug-likeness (QED) is 0.624. The van der Waals surface area contributed by atoms with Gasteiger partial charge >= 0.3 is 0 Å². The van der Waals surface area contributed by atoms with E-state index in [-0.39, 0.29) is 0 Å². The Labute approximate surface area is 128 Å². The SMILES string of the molecule is C=C[C@H]1CC[C@H]2[C@@H]3CCC4=CC(=O)CC[C@@H]4[C@H]3CC[C@]12C. The maximum absolute atomic E-state index is 11.7. The maximum Gasteiger partial charge on any atom is 0.155 e. The molecule has 0 aromatic rings. The molecule has 0 aliphatic heterocycles. The molecule has 0 bridgehead atoms. The second kappa shape index (κ2) is 4.83. The molecule has 4 aliphatic rings. The summed E-state index contributed by atoms with van der Waals surface area (Å²) >= 11 is 0. The summed E-state index contributed by atoms with van der Waals surface area (Å²) in [4.78, 5) is 11.7. The van der Waals surface area contributed by atoms with Crippen molar-refractivity contribution in [2.24, 2.45) is 35.0 Å². The van der Waals surface area contributed by atoms with Gasteiger partial charge in [0.25, 0.3) is 0 Å². The first kappa shape index (κ1) is 13.8. The van der Waals surface area contributed by atoms with Crippen LogP contribution in [0.1, 0.15) is 58.3 Å². The van der Waals surface area contributed by atoms with Crippen LogP contribution in [-0.2, 0) is 4.79 Å². The van der Waals surface area contributed by atoms with Gasteiger partial charge in [0.15, 0.2) is 5.78 Å². The molecule has 3 fully saturated rings. The number of allylic oxidation sites excluding steroid dienone is 2. The number of carbonyl (C=O) groups excluding carboxylic acids is 1. The minimum atomic E-state index is 0.382. The van der Waals surface area contributed by atoms with Crippen molar-refractivity contribution >= 4 is 5.78 Å². The largest absolute Gasteiger partial charge is 0.295 e. The van der Waals surface area contributed by atoms with Crippen LogP contribution in [-0.4, -0.2) is 5.78 Å². The highest BCUT2D eigenvalue weighted by atomic mass is 16.1. The Morgan fingerprint density at radius 1 is 1.14 bits per heavy atom. The first-order valence-corrected chi connectivity index (χ1v) is 8.99. The van der Waals surface area contributed by atoms with Crippen LogP contribution >= 0.6 is 0 Å². The van der Waals surface area contributed by atoms with E-state index in [1.54, 1.807) is 0 Å². The van der Waals surface area contributed by atoms with E-state index < -0.39 is 0 Å². The Bertz CT molecular complexity index is 502. The van der Waals surface area contributed by atoms with Crippen LogP contribution in [0.15, 0.2) is 24.3 Å². The van der Waals surface area contributed by atoms with Crippen LogP contribution in [0.5, 0.6) is 0 Å². The molecule has 3 saturated carbocycles. The maximum atomic E-state index is 11.7. The average Bonchev–Trinajstić information content (AvgIpc) is 2.83. The Morgan fingerprint density at radius 3 is 2.81 bits per heavy atom. The lowest BCUT2D eigenvalue weighted by Gasteiger charge is -2.53. The van der Waals surface area contributed by atoms with E-state index in [2.05, 4.69) is 19.6 Å². The number of hydrogen-bond donors (Lipinski definition) is 0. The highest BCUT2D eigenvalue weighted by molar-refractivity contribution is 5.91. The third-order valence-corrected chi connectivity index (χ3v) is 7.66. The third-order valence-electron chi connectivity index (χ3n) is 7.66. The summed E-state index contributed by atoms with van der Waals surface area (Å²) in [5.41, 5.74) is 2.03. The predicted octanol–water partition coefficient (Wildman–Crippen LogP) is 4.93. The fourth-order valence-corrected chi connectivity index (χ4v) is 6.61. The number of hydrogen-bond acceptors (Lipinski definition) is 1. The van der Waals surface area contributed by atoms with Crippen LogP contribution in [0.3, 0.4) is 0 Å². The highest BCUT2D eigenvalue weighted by Crippen LogP contribution is 2.63. The fraction of sp³-hybridized carbons (Fsp3) is 0.750. The lowest BCUT2D eigenvalue weighted by atomic mass is 9.51. The van der Waals surface area contributed by atoms with Crippen molar-refractivity contribution in [3.05, 3.63) is 24.3 Å². The summed E-state index contributed by atoms with van der Waals surface area (Å²) in [5.74, 6) is 4.58. The van der Waals surface area contributed by atoms with Gasteiger partial charge in [-0.3, -0.25) is 4.79 Å². The fourth-order valence-electron chi connectivity index (χ4n) is 6.61. The topological polar surface area (TPSA) is 17.1 Å². The van der Waals surface area contributed by atoms with Gasteiger partial charge in [0.2, 0.25) is 0 Å². The third kappa shape index (κ3) is 1.92. The molecule has 0 N–H and O–H groups in total. The van der Waals surface area contributed by atoms with Crippen LogP contribution in [0.2, 0.25) is 0 Å². The molecule has 0 aromatic carbocycles. The lowest BCUT2D eigenvalue weighted by Crippen LogP contribution is -2.46. The minimum Gasteiger partial charge on any atom is -0.295 e. The van der Waals surface area contributed by atoms with Crippen molar-refractivity contribution in [1.82, 2.24) is 0 Å². The summed E-state index contributed by atoms with van der Waals surface area (Å²) in [5, 5.41) is 0. The summed E-state index contributed by atoms with van der Waals surface area (Å²) in [6.45, 7) is 6.65. The Balaban J connectivity index is 1.62. The zero-order valence-corrected chi connectivity index (χ0v) is 13.3. The number of fused-ring (bicyclic) bond motifs is 5. The summed E-state index contributed by atoms with van der Waals surface area (Å²) in [7, 11) is 0. The number of carbonyl (C=O) groups is 1. The van der Waals surface area contributed by atoms with Crippen LogP contribution in [0, 0.1) is 35.0 Å². The van der Waals surface area contributed by atoms with Gasteiger partial charge in [-0.05, 0) is 86.0 Å². The molecule has 0 radical (unpaired) electrons. The summed E-state index contributed by atoms with van der Waals surface area (Å²) < 4.78 is 0. The zero-order valence-electron chi connectivity index (χ0n) is 13.3. The second-order valence-electron chi connectivity index (χ2n) is 8.27. The highest BCUT2D eigenvalue weighted by Gasteiger charge is 2.55. The molecule has 4 rings (SSSR count). The molecule has 4 aliphatic carbocycles. The first-order valence-electron chi connectivity index (χ1n) is 8.99. The van der Waals surface area contributed by atoms with Crippen molar-refractivity contribution in [2.45, 2.75) is 58.3 Å². The molecule has 0 unspecified atom stereocenters. The van der Waals surface area contributed by atoms with Crippen molar-refractivity contribution in [1.29, 1.82) is 0 Å². The van der Waals surface area contributed by atoms with Crippen molar-refractivity contribution in [2.75, 3.05) is 0 Å². The second-order valence-corrected chi connectivity index (χ2v) is 8.27. The predicted molar refractivity (Wildman–Crippen MR) is 85.8 cm³/mol. The number of ketones is 1. The van der Waals surface area contributed by atoms with Gasteiger partial charge in [-0.25, -0.2) is 0 Å². The first-order chi connectivity index (χ1) is 10.1. The van der Waals surface area contributed by atoms with Crippen LogP contribution in [0.4, 0.5) is 0 Å². The minimum absolute atomic E-state index is 0.382. The van der Waals surface area contributed by atoms with Crippen LogP contribution < -0.4 is 0 Å². The molecule has 1 nitrogen and oxygen atoms in total. The van der Waals surface area contributed by atoms with Gasteiger partial charge in [0, 0.05) is 6.42 Å². The van der Waals surface area contributed by atoms with E-state index in [0.717, 1.165) is 42.4 Å². The van der Waals surface area contributed by atoms with Gasteiger partial charge in [-0.2, -0.15) is 0 Å². The van der Waals surface area contributed by atoms with E-state index in [0.29, 0.717) is 11.2 Å². The Kier molecular flexibility index (Phi) is 3.17.